The molecule has 1 aromatic heterocycles. The first kappa shape index (κ1) is 21.0. The summed E-state index contributed by atoms with van der Waals surface area (Å²) in [6, 6.07) is 1.98. The van der Waals surface area contributed by atoms with Gasteiger partial charge in [0.1, 0.15) is 0 Å². The number of nitrogens with zero attached hydrogens (tertiary/aromatic N) is 1. The molecule has 1 amide bonds. The van der Waals surface area contributed by atoms with Crippen LogP contribution in [0.3, 0.4) is 0 Å². The Morgan fingerprint density at radius 2 is 2.21 bits per heavy atom. The zero-order valence-corrected chi connectivity index (χ0v) is 16.0. The Balaban J connectivity index is 0.00000288. The number of carbonyl (C=O) groups is 1. The zero-order valence-electron chi connectivity index (χ0n) is 15.1. The van der Waals surface area contributed by atoms with Gasteiger partial charge in [-0.25, -0.2) is 0 Å². The normalized spacial score (nSPS) is 18.9. The molecular formula is C18H32ClN3O2. The molecule has 6 heteroatoms. The lowest BCUT2D eigenvalue weighted by molar-refractivity contribution is -0.122. The molecule has 0 aliphatic carbocycles. The highest BCUT2D eigenvalue weighted by Gasteiger charge is 2.22. The number of rotatable bonds is 8. The monoisotopic (exact) mass is 357 g/mol. The summed E-state index contributed by atoms with van der Waals surface area (Å²) >= 11 is 0. The van der Waals surface area contributed by atoms with Crippen LogP contribution >= 0.6 is 12.4 Å². The Labute approximate surface area is 151 Å². The molecule has 2 heterocycles. The van der Waals surface area contributed by atoms with Crippen LogP contribution in [0.15, 0.2) is 10.6 Å². The average molecular weight is 358 g/mol. The van der Waals surface area contributed by atoms with Crippen molar-refractivity contribution >= 4 is 18.3 Å². The second-order valence-corrected chi connectivity index (χ2v) is 6.80. The van der Waals surface area contributed by atoms with E-state index in [1.807, 2.05) is 6.07 Å². The summed E-state index contributed by atoms with van der Waals surface area (Å²) in [7, 11) is 0. The number of carbonyl (C=O) groups excluding carboxylic acids is 1. The van der Waals surface area contributed by atoms with Crippen LogP contribution in [0.4, 0.5) is 0 Å². The van der Waals surface area contributed by atoms with E-state index < -0.39 is 0 Å². The van der Waals surface area contributed by atoms with Crippen molar-refractivity contribution in [1.82, 2.24) is 15.8 Å². The van der Waals surface area contributed by atoms with E-state index in [9.17, 15) is 4.79 Å². The van der Waals surface area contributed by atoms with E-state index in [0.717, 1.165) is 37.4 Å². The third-order valence-electron chi connectivity index (χ3n) is 5.09. The van der Waals surface area contributed by atoms with Gasteiger partial charge in [0, 0.05) is 18.4 Å². The van der Waals surface area contributed by atoms with Crippen LogP contribution in [0, 0.1) is 11.8 Å². The summed E-state index contributed by atoms with van der Waals surface area (Å²) in [5.74, 6) is 2.32. The van der Waals surface area contributed by atoms with Gasteiger partial charge in [-0.15, -0.1) is 12.4 Å². The summed E-state index contributed by atoms with van der Waals surface area (Å²) < 4.78 is 5.35. The maximum Gasteiger partial charge on any atom is 0.220 e. The zero-order chi connectivity index (χ0) is 16.7. The van der Waals surface area contributed by atoms with Gasteiger partial charge in [0.15, 0.2) is 5.76 Å². The predicted molar refractivity (Wildman–Crippen MR) is 98.3 cm³/mol. The van der Waals surface area contributed by atoms with E-state index in [0.29, 0.717) is 30.7 Å². The number of hydrogen-bond donors (Lipinski definition) is 2. The van der Waals surface area contributed by atoms with E-state index in [4.69, 9.17) is 4.52 Å². The van der Waals surface area contributed by atoms with Crippen LogP contribution in [0.25, 0.3) is 0 Å². The summed E-state index contributed by atoms with van der Waals surface area (Å²) in [5.41, 5.74) is 1.00. The van der Waals surface area contributed by atoms with E-state index in [-0.39, 0.29) is 18.3 Å². The molecule has 0 aromatic carbocycles. The quantitative estimate of drug-likeness (QED) is 0.745. The Bertz CT molecular complexity index is 482. The molecule has 1 fully saturated rings. The average Bonchev–Trinajstić information content (AvgIpc) is 3.04. The Morgan fingerprint density at radius 3 is 2.83 bits per heavy atom. The third-order valence-corrected chi connectivity index (χ3v) is 5.09. The SMILES string of the molecule is CCC(CC)c1cc(CNC(=O)CC(C)C2CCCNC2)on1.Cl. The fraction of sp³-hybridized carbons (Fsp3) is 0.778. The van der Waals surface area contributed by atoms with Gasteiger partial charge in [0.05, 0.1) is 12.2 Å². The molecular weight excluding hydrogens is 326 g/mol. The van der Waals surface area contributed by atoms with E-state index in [2.05, 4.69) is 36.6 Å². The standard InChI is InChI=1S/C18H31N3O2.ClH/c1-4-14(5-2)17-10-16(23-21-17)12-20-18(22)9-13(3)15-7-6-8-19-11-15;/h10,13-15,19H,4-9,11-12H2,1-3H3,(H,20,22);1H. The molecule has 1 aliphatic heterocycles. The van der Waals surface area contributed by atoms with Crippen molar-refractivity contribution in [2.75, 3.05) is 13.1 Å². The van der Waals surface area contributed by atoms with Crippen molar-refractivity contribution in [3.8, 4) is 0 Å². The molecule has 0 saturated carbocycles. The van der Waals surface area contributed by atoms with Crippen LogP contribution in [-0.2, 0) is 11.3 Å². The van der Waals surface area contributed by atoms with E-state index in [1.54, 1.807) is 0 Å². The topological polar surface area (TPSA) is 67.2 Å². The van der Waals surface area contributed by atoms with Gasteiger partial charge in [0.25, 0.3) is 0 Å². The van der Waals surface area contributed by atoms with Gasteiger partial charge in [-0.1, -0.05) is 25.9 Å². The maximum atomic E-state index is 12.1. The lowest BCUT2D eigenvalue weighted by atomic mass is 9.85. The molecule has 2 atom stereocenters. The predicted octanol–water partition coefficient (Wildman–Crippen LogP) is 3.64. The second-order valence-electron chi connectivity index (χ2n) is 6.80. The van der Waals surface area contributed by atoms with Crippen LogP contribution in [0.1, 0.15) is 70.2 Å². The molecule has 0 radical (unpaired) electrons. The van der Waals surface area contributed by atoms with Crippen molar-refractivity contribution in [3.05, 3.63) is 17.5 Å². The van der Waals surface area contributed by atoms with Gasteiger partial charge in [-0.3, -0.25) is 4.79 Å². The molecule has 2 N–H and O–H groups in total. The largest absolute Gasteiger partial charge is 0.359 e. The van der Waals surface area contributed by atoms with Gasteiger partial charge in [-0.2, -0.15) is 0 Å². The Kier molecular flexibility index (Phi) is 9.37. The number of amides is 1. The lowest BCUT2D eigenvalue weighted by Crippen LogP contribution is -2.35. The van der Waals surface area contributed by atoms with Crippen LogP contribution in [0.5, 0.6) is 0 Å². The number of piperidine rings is 1. The minimum Gasteiger partial charge on any atom is -0.359 e. The number of halogens is 1. The van der Waals surface area contributed by atoms with Gasteiger partial charge < -0.3 is 15.2 Å². The van der Waals surface area contributed by atoms with Crippen molar-refractivity contribution in [1.29, 1.82) is 0 Å². The fourth-order valence-corrected chi connectivity index (χ4v) is 3.39. The van der Waals surface area contributed by atoms with Crippen LogP contribution in [-0.4, -0.2) is 24.2 Å². The van der Waals surface area contributed by atoms with Crippen molar-refractivity contribution < 1.29 is 9.32 Å². The molecule has 1 saturated heterocycles. The molecule has 138 valence electrons. The summed E-state index contributed by atoms with van der Waals surface area (Å²) in [5, 5.41) is 10.5. The molecule has 0 spiro atoms. The van der Waals surface area contributed by atoms with Crippen molar-refractivity contribution in [3.63, 3.8) is 0 Å². The lowest BCUT2D eigenvalue weighted by Gasteiger charge is -2.27. The van der Waals surface area contributed by atoms with E-state index >= 15 is 0 Å². The highest BCUT2D eigenvalue weighted by Crippen LogP contribution is 2.23. The van der Waals surface area contributed by atoms with Gasteiger partial charge in [-0.05, 0) is 50.6 Å². The van der Waals surface area contributed by atoms with Gasteiger partial charge >= 0.3 is 0 Å². The summed E-state index contributed by atoms with van der Waals surface area (Å²) in [4.78, 5) is 12.1. The number of nitrogens with one attached hydrogen (secondary N) is 2. The first-order chi connectivity index (χ1) is 11.1. The Morgan fingerprint density at radius 1 is 1.46 bits per heavy atom. The van der Waals surface area contributed by atoms with E-state index in [1.165, 1.54) is 12.8 Å². The molecule has 0 bridgehead atoms. The minimum atomic E-state index is 0. The van der Waals surface area contributed by atoms with Crippen molar-refractivity contribution in [2.24, 2.45) is 11.8 Å². The third kappa shape index (κ3) is 6.10. The molecule has 24 heavy (non-hydrogen) atoms. The highest BCUT2D eigenvalue weighted by molar-refractivity contribution is 5.85. The number of hydrogen-bond acceptors (Lipinski definition) is 4. The fourth-order valence-electron chi connectivity index (χ4n) is 3.39. The smallest absolute Gasteiger partial charge is 0.220 e. The molecule has 5 nitrogen and oxygen atoms in total. The molecule has 2 unspecified atom stereocenters. The molecule has 1 aliphatic rings. The minimum absolute atomic E-state index is 0. The molecule has 1 aromatic rings. The van der Waals surface area contributed by atoms with Gasteiger partial charge in [0.2, 0.25) is 5.91 Å². The maximum absolute atomic E-state index is 12.1. The van der Waals surface area contributed by atoms with Crippen LogP contribution in [0.2, 0.25) is 0 Å². The Hall–Kier alpha value is -1.07. The van der Waals surface area contributed by atoms with Crippen LogP contribution < -0.4 is 10.6 Å². The highest BCUT2D eigenvalue weighted by atomic mass is 35.5. The first-order valence-corrected chi connectivity index (χ1v) is 9.06. The molecule has 2 rings (SSSR count). The number of aromatic nitrogens is 1. The first-order valence-electron chi connectivity index (χ1n) is 9.06. The summed E-state index contributed by atoms with van der Waals surface area (Å²) in [6.07, 6.45) is 5.14. The summed E-state index contributed by atoms with van der Waals surface area (Å²) in [6.45, 7) is 9.07. The van der Waals surface area contributed by atoms with Crippen molar-refractivity contribution in [2.45, 2.75) is 65.3 Å². The second kappa shape index (κ2) is 10.7.